The number of fused-ring (bicyclic) bond motifs is 19. The predicted molar refractivity (Wildman–Crippen MR) is 192 cm³/mol. The second kappa shape index (κ2) is 8.47. The Labute approximate surface area is 279 Å². The predicted octanol–water partition coefficient (Wildman–Crippen LogP) is 8.57. The highest BCUT2D eigenvalue weighted by Crippen LogP contribution is 2.76. The second-order valence-electron chi connectivity index (χ2n) is 14.4. The van der Waals surface area contributed by atoms with Crippen molar-refractivity contribution in [3.8, 4) is 11.4 Å². The smallest absolute Gasteiger partial charge is 0.161 e. The Kier molecular flexibility index (Phi) is 4.68. The average Bonchev–Trinajstić information content (AvgIpc) is 3.77. The van der Waals surface area contributed by atoms with Gasteiger partial charge in [0.15, 0.2) is 17.2 Å². The van der Waals surface area contributed by atoms with Gasteiger partial charge in [0, 0.05) is 64.9 Å². The van der Waals surface area contributed by atoms with Gasteiger partial charge in [-0.15, -0.1) is 0 Å². The van der Waals surface area contributed by atoms with Crippen LogP contribution in [-0.2, 0) is 5.41 Å². The fourth-order valence-corrected chi connectivity index (χ4v) is 10.1. The van der Waals surface area contributed by atoms with Crippen LogP contribution in [0.3, 0.4) is 0 Å². The normalized spacial score (nSPS) is 25.9. The number of allylic oxidation sites excluding steroid dienone is 1. The van der Waals surface area contributed by atoms with Gasteiger partial charge in [-0.05, 0) is 47.4 Å². The molecule has 1 aliphatic carbocycles. The number of para-hydroxylation sites is 2. The van der Waals surface area contributed by atoms with E-state index in [2.05, 4.69) is 152 Å². The Morgan fingerprint density at radius 3 is 2.46 bits per heavy atom. The molecule has 0 saturated carbocycles. The van der Waals surface area contributed by atoms with E-state index in [1.165, 1.54) is 33.5 Å². The first-order chi connectivity index (χ1) is 23.3. The molecule has 2 aromatic heterocycles. The molecule has 0 fully saturated rings. The third kappa shape index (κ3) is 2.74. The highest BCUT2D eigenvalue weighted by Gasteiger charge is 2.73. The lowest BCUT2D eigenvalue weighted by atomic mass is 9.40. The highest BCUT2D eigenvalue weighted by molar-refractivity contribution is 6.14. The Morgan fingerprint density at radius 2 is 1.58 bits per heavy atom. The van der Waals surface area contributed by atoms with Crippen molar-refractivity contribution in [3.05, 3.63) is 126 Å². The van der Waals surface area contributed by atoms with Gasteiger partial charge in [0.2, 0.25) is 0 Å². The average molecular weight is 627 g/mol. The van der Waals surface area contributed by atoms with E-state index in [4.69, 9.17) is 14.4 Å². The van der Waals surface area contributed by atoms with Crippen LogP contribution in [-0.4, -0.2) is 41.3 Å². The third-order valence-electron chi connectivity index (χ3n) is 12.3. The van der Waals surface area contributed by atoms with Crippen LogP contribution < -0.4 is 14.7 Å². The summed E-state index contributed by atoms with van der Waals surface area (Å²) in [6, 6.07) is 30.4. The van der Waals surface area contributed by atoms with Gasteiger partial charge in [0.05, 0.1) is 11.9 Å². The maximum atomic E-state index is 6.70. The number of aryl methyl sites for hydroxylation is 1. The number of aromatic nitrogens is 2. The molecule has 6 heterocycles. The van der Waals surface area contributed by atoms with E-state index in [9.17, 15) is 0 Å². The molecule has 0 bridgehead atoms. The summed E-state index contributed by atoms with van der Waals surface area (Å²) < 4.78 is 6.70. The zero-order valence-electron chi connectivity index (χ0n) is 27.6. The molecule has 0 saturated heterocycles. The molecule has 0 radical (unpaired) electrons. The summed E-state index contributed by atoms with van der Waals surface area (Å²) in [5, 5.41) is 2.31. The van der Waals surface area contributed by atoms with E-state index >= 15 is 0 Å². The molecule has 234 valence electrons. The van der Waals surface area contributed by atoms with E-state index in [1.807, 2.05) is 6.20 Å². The Bertz CT molecular complexity index is 2490. The van der Waals surface area contributed by atoms with Gasteiger partial charge < -0.3 is 24.0 Å². The SMILES string of the molecule is Cc1ccccc1-c1ncc2c(n1)N(C)C1N2c2ccccc2C2(C)C3=C(C4N(C)C=CN4c4c3ccc3c4oc4ccccc43)C12C. The number of hydrogen-bond acceptors (Lipinski definition) is 7. The summed E-state index contributed by atoms with van der Waals surface area (Å²) >= 11 is 0. The maximum absolute atomic E-state index is 6.70. The van der Waals surface area contributed by atoms with Crippen LogP contribution in [0.1, 0.15) is 30.5 Å². The lowest BCUT2D eigenvalue weighted by Gasteiger charge is -2.69. The first kappa shape index (κ1) is 26.5. The molecule has 4 aromatic carbocycles. The molecule has 0 spiro atoms. The number of hydrogen-bond donors (Lipinski definition) is 0. The lowest BCUT2D eigenvalue weighted by Crippen LogP contribution is -2.72. The monoisotopic (exact) mass is 626 g/mol. The van der Waals surface area contributed by atoms with Crippen molar-refractivity contribution < 1.29 is 4.42 Å². The fraction of sp³-hybridized carbons (Fsp3) is 0.220. The van der Waals surface area contributed by atoms with E-state index in [0.29, 0.717) is 0 Å². The van der Waals surface area contributed by atoms with Crippen molar-refractivity contribution in [2.24, 2.45) is 5.41 Å². The quantitative estimate of drug-likeness (QED) is 0.181. The molecule has 4 aliphatic heterocycles. The number of furan rings is 1. The topological polar surface area (TPSA) is 51.9 Å². The van der Waals surface area contributed by atoms with Crippen molar-refractivity contribution in [2.75, 3.05) is 28.8 Å². The summed E-state index contributed by atoms with van der Waals surface area (Å²) in [5.41, 5.74) is 12.5. The zero-order valence-corrected chi connectivity index (χ0v) is 27.6. The van der Waals surface area contributed by atoms with Crippen LogP contribution in [0.4, 0.5) is 22.9 Å². The maximum Gasteiger partial charge on any atom is 0.161 e. The van der Waals surface area contributed by atoms with Gasteiger partial charge in [0.25, 0.3) is 0 Å². The Hall–Kier alpha value is -5.56. The van der Waals surface area contributed by atoms with Crippen LogP contribution >= 0.6 is 0 Å². The molecule has 7 heteroatoms. The minimum atomic E-state index is -0.285. The van der Waals surface area contributed by atoms with Crippen molar-refractivity contribution in [2.45, 2.75) is 38.5 Å². The number of nitrogens with zero attached hydrogens (tertiary/aromatic N) is 6. The van der Waals surface area contributed by atoms with Crippen molar-refractivity contribution in [1.82, 2.24) is 14.9 Å². The Morgan fingerprint density at radius 1 is 0.792 bits per heavy atom. The molecule has 11 rings (SSSR count). The standard InChI is InChI=1S/C41H34N6O/c1-23-12-6-7-13-24(23)36-42-22-30-37(43-36)45(5)39-41(3)33-32(40(41,2)28-15-9-10-16-29(28)47(30)39)27-19-18-26-25-14-8-11-17-31(25)48-35(26)34(27)46-21-20-44(4)38(33)46/h6-22,38-39H,1-5H3. The van der Waals surface area contributed by atoms with Gasteiger partial charge in [-0.25, -0.2) is 9.97 Å². The number of anilines is 4. The summed E-state index contributed by atoms with van der Waals surface area (Å²) in [4.78, 5) is 20.0. The van der Waals surface area contributed by atoms with Crippen LogP contribution in [0.15, 0.2) is 114 Å². The van der Waals surface area contributed by atoms with E-state index < -0.39 is 0 Å². The molecular formula is C41H34N6O. The van der Waals surface area contributed by atoms with Gasteiger partial charge in [0.1, 0.15) is 23.6 Å². The van der Waals surface area contributed by atoms with Gasteiger partial charge in [-0.2, -0.15) is 0 Å². The third-order valence-corrected chi connectivity index (χ3v) is 12.3. The molecule has 5 aliphatic rings. The largest absolute Gasteiger partial charge is 0.454 e. The molecule has 0 N–H and O–H groups in total. The Balaban J connectivity index is 1.18. The molecular weight excluding hydrogens is 592 g/mol. The van der Waals surface area contributed by atoms with Crippen LogP contribution in [0.5, 0.6) is 0 Å². The first-order valence-electron chi connectivity index (χ1n) is 16.8. The molecule has 7 nitrogen and oxygen atoms in total. The van der Waals surface area contributed by atoms with E-state index in [0.717, 1.165) is 50.5 Å². The van der Waals surface area contributed by atoms with Crippen LogP contribution in [0, 0.1) is 12.3 Å². The molecule has 4 atom stereocenters. The highest BCUT2D eigenvalue weighted by atomic mass is 16.3. The van der Waals surface area contributed by atoms with Gasteiger partial charge in [-0.1, -0.05) is 80.6 Å². The minimum Gasteiger partial charge on any atom is -0.454 e. The van der Waals surface area contributed by atoms with Crippen LogP contribution in [0.25, 0.3) is 38.9 Å². The second-order valence-corrected chi connectivity index (χ2v) is 14.4. The van der Waals surface area contributed by atoms with Crippen LogP contribution in [0.2, 0.25) is 0 Å². The van der Waals surface area contributed by atoms with Gasteiger partial charge >= 0.3 is 0 Å². The summed E-state index contributed by atoms with van der Waals surface area (Å²) in [6.45, 7) is 7.10. The number of benzene rings is 4. The van der Waals surface area contributed by atoms with Crippen molar-refractivity contribution in [3.63, 3.8) is 0 Å². The lowest BCUT2D eigenvalue weighted by molar-refractivity contribution is 0.134. The summed E-state index contributed by atoms with van der Waals surface area (Å²) in [6.07, 6.45) is 6.52. The minimum absolute atomic E-state index is 0.0000905. The van der Waals surface area contributed by atoms with Gasteiger partial charge in [-0.3, -0.25) is 0 Å². The van der Waals surface area contributed by atoms with Crippen molar-refractivity contribution >= 4 is 50.4 Å². The van der Waals surface area contributed by atoms with Crippen molar-refractivity contribution in [1.29, 1.82) is 0 Å². The fourth-order valence-electron chi connectivity index (χ4n) is 10.1. The molecule has 6 aromatic rings. The number of rotatable bonds is 1. The number of likely N-dealkylation sites (N-methyl/N-ethyl adjacent to an activating group) is 1. The molecule has 48 heavy (non-hydrogen) atoms. The zero-order chi connectivity index (χ0) is 32.3. The summed E-state index contributed by atoms with van der Waals surface area (Å²) in [7, 11) is 4.43. The van der Waals surface area contributed by atoms with E-state index in [1.54, 1.807) is 0 Å². The molecule has 4 unspecified atom stereocenters. The summed E-state index contributed by atoms with van der Waals surface area (Å²) in [5.74, 6) is 1.73. The first-order valence-corrected chi connectivity index (χ1v) is 16.8. The molecule has 0 amide bonds. The van der Waals surface area contributed by atoms with E-state index in [-0.39, 0.29) is 23.2 Å².